The van der Waals surface area contributed by atoms with E-state index < -0.39 is 0 Å². The van der Waals surface area contributed by atoms with Crippen molar-refractivity contribution in [2.45, 2.75) is 23.5 Å². The number of halogens is 2. The number of amides is 2. The Balaban J connectivity index is 1.55. The summed E-state index contributed by atoms with van der Waals surface area (Å²) >= 11 is 10.5. The van der Waals surface area contributed by atoms with Crippen molar-refractivity contribution in [3.63, 3.8) is 0 Å². The summed E-state index contributed by atoms with van der Waals surface area (Å²) in [6.07, 6.45) is 0.576. The molecule has 2 rings (SSSR count). The van der Waals surface area contributed by atoms with Gasteiger partial charge in [0.15, 0.2) is 0 Å². The molecule has 0 aliphatic rings. The Morgan fingerprint density at radius 3 is 1.53 bits per heavy atom. The molecule has 2 aromatic rings. The SMILES string of the molecule is O=C(NCC[Se][Se]CCNC(=O)/C(Cc1ccc(Br)s1)=N/O)/C(Cc1ccc(Br)s1)=N/O. The number of nitrogens with zero attached hydrogens (tertiary/aromatic N) is 2. The van der Waals surface area contributed by atoms with Gasteiger partial charge in [0.05, 0.1) is 0 Å². The van der Waals surface area contributed by atoms with Gasteiger partial charge in [0.2, 0.25) is 0 Å². The number of carbonyl (C=O) groups is 2. The number of oxime groups is 2. The normalized spacial score (nSPS) is 12.1. The summed E-state index contributed by atoms with van der Waals surface area (Å²) < 4.78 is 1.92. The first-order chi connectivity index (χ1) is 15.4. The number of thiophene rings is 2. The van der Waals surface area contributed by atoms with Gasteiger partial charge in [0.1, 0.15) is 0 Å². The van der Waals surface area contributed by atoms with Gasteiger partial charge in [0, 0.05) is 0 Å². The fraction of sp³-hybridized carbons (Fsp3) is 0.333. The summed E-state index contributed by atoms with van der Waals surface area (Å²) in [6, 6.07) is 7.54. The van der Waals surface area contributed by atoms with Crippen LogP contribution in [0.1, 0.15) is 9.75 Å². The van der Waals surface area contributed by atoms with Crippen molar-refractivity contribution in [3.8, 4) is 0 Å². The van der Waals surface area contributed by atoms with Crippen LogP contribution in [0.3, 0.4) is 0 Å². The van der Waals surface area contributed by atoms with E-state index in [1.807, 2.05) is 24.3 Å². The Hall–Kier alpha value is -0.721. The molecule has 0 radical (unpaired) electrons. The van der Waals surface area contributed by atoms with Crippen LogP contribution in [0.5, 0.6) is 0 Å². The summed E-state index contributed by atoms with van der Waals surface area (Å²) in [4.78, 5) is 26.2. The summed E-state index contributed by atoms with van der Waals surface area (Å²) in [6.45, 7) is 1.05. The van der Waals surface area contributed by atoms with Crippen molar-refractivity contribution in [1.82, 2.24) is 10.6 Å². The van der Waals surface area contributed by atoms with Crippen LogP contribution in [0.4, 0.5) is 0 Å². The minimum atomic E-state index is -0.360. The van der Waals surface area contributed by atoms with E-state index in [2.05, 4.69) is 52.8 Å². The van der Waals surface area contributed by atoms with Gasteiger partial charge in [-0.25, -0.2) is 0 Å². The molecule has 0 bridgehead atoms. The van der Waals surface area contributed by atoms with Gasteiger partial charge in [-0.1, -0.05) is 0 Å². The zero-order valence-corrected chi connectivity index (χ0v) is 24.8. The van der Waals surface area contributed by atoms with Gasteiger partial charge >= 0.3 is 223 Å². The first kappa shape index (κ1) is 27.5. The van der Waals surface area contributed by atoms with E-state index >= 15 is 0 Å². The number of rotatable bonds is 13. The molecule has 2 aromatic heterocycles. The Kier molecular flexibility index (Phi) is 13.1. The third-order valence-electron chi connectivity index (χ3n) is 3.73. The molecular weight excluding hydrogens is 718 g/mol. The van der Waals surface area contributed by atoms with Crippen molar-refractivity contribution < 1.29 is 20.0 Å². The molecule has 2 amide bonds. The van der Waals surface area contributed by atoms with Gasteiger partial charge in [0.25, 0.3) is 0 Å². The second kappa shape index (κ2) is 15.2. The number of hydrogen-bond donors (Lipinski definition) is 4. The second-order valence-corrected chi connectivity index (χ2v) is 19.0. The van der Waals surface area contributed by atoms with Crippen molar-refractivity contribution in [2.24, 2.45) is 10.3 Å². The fourth-order valence-electron chi connectivity index (χ4n) is 2.28. The second-order valence-electron chi connectivity index (χ2n) is 6.01. The molecule has 0 unspecified atom stereocenters. The molecule has 0 fully saturated rings. The van der Waals surface area contributed by atoms with Crippen LogP contribution in [0.25, 0.3) is 0 Å². The van der Waals surface area contributed by atoms with Gasteiger partial charge in [-0.3, -0.25) is 0 Å². The van der Waals surface area contributed by atoms with E-state index in [9.17, 15) is 9.59 Å². The number of nitrogens with one attached hydrogen (secondary N) is 2. The summed E-state index contributed by atoms with van der Waals surface area (Å²) in [5, 5.41) is 31.8. The molecule has 0 spiro atoms. The predicted molar refractivity (Wildman–Crippen MR) is 137 cm³/mol. The minimum absolute atomic E-state index is 0.0938. The van der Waals surface area contributed by atoms with Crippen LogP contribution in [0.2, 0.25) is 10.6 Å². The molecule has 8 nitrogen and oxygen atoms in total. The van der Waals surface area contributed by atoms with E-state index in [-0.39, 0.29) is 36.1 Å². The Bertz CT molecular complexity index is 892. The molecule has 32 heavy (non-hydrogen) atoms. The molecule has 0 saturated heterocycles. The topological polar surface area (TPSA) is 123 Å². The molecule has 0 saturated carbocycles. The number of hydrogen-bond acceptors (Lipinski definition) is 8. The summed E-state index contributed by atoms with van der Waals surface area (Å²) in [5.74, 6) is -0.720. The van der Waals surface area contributed by atoms with Gasteiger partial charge in [-0.15, -0.1) is 0 Å². The average molecular weight is 738 g/mol. The molecule has 4 N–H and O–H groups in total. The Labute approximate surface area is 221 Å². The third kappa shape index (κ3) is 10.0. The van der Waals surface area contributed by atoms with E-state index in [4.69, 9.17) is 10.4 Å². The van der Waals surface area contributed by atoms with E-state index in [0.29, 0.717) is 39.4 Å². The maximum atomic E-state index is 12.1. The van der Waals surface area contributed by atoms with Crippen LogP contribution in [-0.2, 0) is 22.4 Å². The first-order valence-electron chi connectivity index (χ1n) is 9.14. The quantitative estimate of drug-likeness (QED) is 0.0830. The molecular formula is C18H20Br2N4O4S2Se2. The molecule has 14 heteroatoms. The van der Waals surface area contributed by atoms with Crippen molar-refractivity contribution >= 4 is 104 Å². The van der Waals surface area contributed by atoms with Crippen molar-refractivity contribution in [1.29, 1.82) is 0 Å². The first-order valence-corrected chi connectivity index (χ1v) is 19.1. The van der Waals surface area contributed by atoms with Gasteiger partial charge < -0.3 is 0 Å². The third-order valence-corrected chi connectivity index (χ3v) is 14.3. The van der Waals surface area contributed by atoms with Gasteiger partial charge in [-0.05, 0) is 0 Å². The Morgan fingerprint density at radius 2 is 1.22 bits per heavy atom. The van der Waals surface area contributed by atoms with Crippen molar-refractivity contribution in [3.05, 3.63) is 41.6 Å². The van der Waals surface area contributed by atoms with Crippen LogP contribution in [-0.4, -0.2) is 73.0 Å². The van der Waals surface area contributed by atoms with Gasteiger partial charge in [-0.2, -0.15) is 0 Å². The standard InChI is InChI=1S/C18H20Br2N4O4S2Se2/c19-15-3-1-11(29-15)9-13(23-27)17(25)21-5-7-31-32-8-6-22-18(26)14(24-28)10-12-2-4-16(20)30-12/h1-4,27-28H,5-10H2,(H,21,25)(H,22,26)/b23-13+,24-14+. The van der Waals surface area contributed by atoms with Crippen LogP contribution in [0.15, 0.2) is 42.1 Å². The predicted octanol–water partition coefficient (Wildman–Crippen LogP) is 3.17. The average Bonchev–Trinajstić information content (AvgIpc) is 3.38. The summed E-state index contributed by atoms with van der Waals surface area (Å²) in [7, 11) is 0. The van der Waals surface area contributed by atoms with Crippen LogP contribution < -0.4 is 10.6 Å². The van der Waals surface area contributed by atoms with Crippen LogP contribution >= 0.6 is 54.5 Å². The molecule has 174 valence electrons. The number of carbonyl (C=O) groups excluding carboxylic acids is 2. The van der Waals surface area contributed by atoms with E-state index in [0.717, 1.165) is 28.0 Å². The molecule has 0 aliphatic carbocycles. The zero-order chi connectivity index (χ0) is 23.3. The molecule has 0 aliphatic heterocycles. The fourth-order valence-corrected chi connectivity index (χ4v) is 10.9. The molecule has 2 heterocycles. The Morgan fingerprint density at radius 1 is 0.812 bits per heavy atom. The zero-order valence-electron chi connectivity index (χ0n) is 16.5. The maximum absolute atomic E-state index is 12.1. The molecule has 0 aromatic carbocycles. The molecule has 0 atom stereocenters. The van der Waals surface area contributed by atoms with E-state index in [1.165, 1.54) is 22.7 Å². The van der Waals surface area contributed by atoms with Crippen molar-refractivity contribution in [2.75, 3.05) is 13.1 Å². The summed E-state index contributed by atoms with van der Waals surface area (Å²) in [5.41, 5.74) is 0.188. The van der Waals surface area contributed by atoms with Crippen LogP contribution in [0, 0.1) is 0 Å². The van der Waals surface area contributed by atoms with E-state index in [1.54, 1.807) is 0 Å². The monoisotopic (exact) mass is 738 g/mol.